The molecule has 0 atom stereocenters. The highest BCUT2D eigenvalue weighted by Crippen LogP contribution is 2.17. The van der Waals surface area contributed by atoms with Gasteiger partial charge in [0.15, 0.2) is 0 Å². The molecular formula is C10H11NO. The largest absolute Gasteiger partial charge is 0.508 e. The van der Waals surface area contributed by atoms with Crippen molar-refractivity contribution in [3.8, 4) is 0 Å². The van der Waals surface area contributed by atoms with Crippen LogP contribution in [0, 0.1) is 0 Å². The number of benzene rings is 1. The first-order valence-electron chi connectivity index (χ1n) is 3.54. The van der Waals surface area contributed by atoms with Crippen molar-refractivity contribution in [3.63, 3.8) is 0 Å². The summed E-state index contributed by atoms with van der Waals surface area (Å²) < 4.78 is 0. The van der Waals surface area contributed by atoms with Crippen molar-refractivity contribution in [2.24, 2.45) is 0 Å². The molecule has 0 spiro atoms. The summed E-state index contributed by atoms with van der Waals surface area (Å²) in [6, 6.07) is 5.21. The molecular weight excluding hydrogens is 150 g/mol. The Bertz CT molecular complexity index is 329. The smallest absolute Gasteiger partial charge is 0.115 e. The van der Waals surface area contributed by atoms with Gasteiger partial charge in [0, 0.05) is 11.3 Å². The van der Waals surface area contributed by atoms with Gasteiger partial charge < -0.3 is 10.8 Å². The summed E-state index contributed by atoms with van der Waals surface area (Å²) in [5, 5.41) is 9.08. The molecule has 0 heterocycles. The Morgan fingerprint density at radius 1 is 1.42 bits per heavy atom. The Labute approximate surface area is 71.6 Å². The molecule has 1 aromatic carbocycles. The van der Waals surface area contributed by atoms with Crippen LogP contribution in [-0.2, 0) is 0 Å². The number of nitrogen functional groups attached to an aromatic ring is 1. The van der Waals surface area contributed by atoms with Gasteiger partial charge in [0.1, 0.15) is 5.76 Å². The predicted octanol–water partition coefficient (Wildman–Crippen LogP) is 2.44. The first-order chi connectivity index (χ1) is 5.63. The van der Waals surface area contributed by atoms with Crippen LogP contribution >= 0.6 is 0 Å². The van der Waals surface area contributed by atoms with Gasteiger partial charge in [-0.3, -0.25) is 0 Å². The van der Waals surface area contributed by atoms with E-state index in [1.54, 1.807) is 24.3 Å². The second kappa shape index (κ2) is 3.13. The van der Waals surface area contributed by atoms with Crippen molar-refractivity contribution in [1.29, 1.82) is 0 Å². The number of nitrogens with two attached hydrogens (primary N) is 1. The molecule has 0 aliphatic heterocycles. The second-order valence-electron chi connectivity index (χ2n) is 2.54. The summed E-state index contributed by atoms with van der Waals surface area (Å²) in [4.78, 5) is 0. The molecule has 2 nitrogen and oxygen atoms in total. The summed E-state index contributed by atoms with van der Waals surface area (Å²) in [5.74, 6) is 0.0189. The van der Waals surface area contributed by atoms with Crippen LogP contribution in [0.15, 0.2) is 31.4 Å². The van der Waals surface area contributed by atoms with Gasteiger partial charge in [0.2, 0.25) is 0 Å². The number of hydrogen-bond acceptors (Lipinski definition) is 2. The summed E-state index contributed by atoms with van der Waals surface area (Å²) in [6.07, 6.45) is 1.67. The fourth-order valence-electron chi connectivity index (χ4n) is 0.961. The summed E-state index contributed by atoms with van der Waals surface area (Å²) in [7, 11) is 0. The van der Waals surface area contributed by atoms with Crippen molar-refractivity contribution < 1.29 is 5.11 Å². The quantitative estimate of drug-likeness (QED) is 0.517. The SMILES string of the molecule is C=Cc1cc(N)cc(C(=C)O)c1. The van der Waals surface area contributed by atoms with Crippen LogP contribution in [0.1, 0.15) is 11.1 Å². The van der Waals surface area contributed by atoms with Crippen LogP contribution in [0.4, 0.5) is 5.69 Å². The molecule has 0 unspecified atom stereocenters. The fourth-order valence-corrected chi connectivity index (χ4v) is 0.961. The molecule has 0 radical (unpaired) electrons. The zero-order chi connectivity index (χ0) is 9.14. The highest BCUT2D eigenvalue weighted by atomic mass is 16.3. The maximum absolute atomic E-state index is 9.08. The van der Waals surface area contributed by atoms with Crippen LogP contribution in [-0.4, -0.2) is 5.11 Å². The number of hydrogen-bond donors (Lipinski definition) is 2. The van der Waals surface area contributed by atoms with E-state index in [1.165, 1.54) is 0 Å². The first-order valence-corrected chi connectivity index (χ1v) is 3.54. The van der Waals surface area contributed by atoms with Gasteiger partial charge in [0.05, 0.1) is 0 Å². The van der Waals surface area contributed by atoms with E-state index in [0.717, 1.165) is 5.56 Å². The lowest BCUT2D eigenvalue weighted by atomic mass is 10.1. The molecule has 12 heavy (non-hydrogen) atoms. The molecule has 0 aliphatic rings. The zero-order valence-corrected chi connectivity index (χ0v) is 6.75. The lowest BCUT2D eigenvalue weighted by molar-refractivity contribution is 0.514. The zero-order valence-electron chi connectivity index (χ0n) is 6.75. The molecule has 0 saturated heterocycles. The highest BCUT2D eigenvalue weighted by molar-refractivity contribution is 5.66. The standard InChI is InChI=1S/C10H11NO/c1-3-8-4-9(7(2)12)6-10(11)5-8/h3-6,12H,1-2,11H2. The van der Waals surface area contributed by atoms with Crippen molar-refractivity contribution in [2.45, 2.75) is 0 Å². The predicted molar refractivity (Wildman–Crippen MR) is 52.6 cm³/mol. The van der Waals surface area contributed by atoms with E-state index >= 15 is 0 Å². The molecule has 2 heteroatoms. The van der Waals surface area contributed by atoms with E-state index in [2.05, 4.69) is 13.2 Å². The normalized spacial score (nSPS) is 9.33. The third kappa shape index (κ3) is 1.66. The average molecular weight is 161 g/mol. The first kappa shape index (κ1) is 8.40. The Kier molecular flexibility index (Phi) is 2.19. The molecule has 0 saturated carbocycles. The lowest BCUT2D eigenvalue weighted by Crippen LogP contribution is -1.89. The summed E-state index contributed by atoms with van der Waals surface area (Å²) >= 11 is 0. The van der Waals surface area contributed by atoms with Crippen molar-refractivity contribution in [1.82, 2.24) is 0 Å². The van der Waals surface area contributed by atoms with Gasteiger partial charge in [-0.05, 0) is 23.8 Å². The highest BCUT2D eigenvalue weighted by Gasteiger charge is 1.98. The van der Waals surface area contributed by atoms with E-state index < -0.39 is 0 Å². The van der Waals surface area contributed by atoms with Crippen molar-refractivity contribution in [3.05, 3.63) is 42.5 Å². The number of rotatable bonds is 2. The van der Waals surface area contributed by atoms with Crippen molar-refractivity contribution in [2.75, 3.05) is 5.73 Å². The van der Waals surface area contributed by atoms with Crippen LogP contribution in [0.2, 0.25) is 0 Å². The second-order valence-corrected chi connectivity index (χ2v) is 2.54. The molecule has 0 aliphatic carbocycles. The molecule has 62 valence electrons. The third-order valence-electron chi connectivity index (χ3n) is 1.55. The van der Waals surface area contributed by atoms with E-state index in [0.29, 0.717) is 11.3 Å². The minimum absolute atomic E-state index is 0.0189. The summed E-state index contributed by atoms with van der Waals surface area (Å²) in [5.41, 5.74) is 7.67. The van der Waals surface area contributed by atoms with Crippen LogP contribution < -0.4 is 5.73 Å². The minimum atomic E-state index is 0.0189. The lowest BCUT2D eigenvalue weighted by Gasteiger charge is -2.02. The van der Waals surface area contributed by atoms with Gasteiger partial charge in [-0.1, -0.05) is 19.2 Å². The monoisotopic (exact) mass is 161 g/mol. The Morgan fingerprint density at radius 2 is 2.08 bits per heavy atom. The van der Waals surface area contributed by atoms with E-state index in [4.69, 9.17) is 10.8 Å². The number of aliphatic hydroxyl groups is 1. The van der Waals surface area contributed by atoms with Gasteiger partial charge >= 0.3 is 0 Å². The molecule has 1 aromatic rings. The molecule has 0 amide bonds. The van der Waals surface area contributed by atoms with Gasteiger partial charge in [-0.15, -0.1) is 0 Å². The van der Waals surface area contributed by atoms with E-state index in [1.807, 2.05) is 0 Å². The van der Waals surface area contributed by atoms with Crippen LogP contribution in [0.25, 0.3) is 11.8 Å². The Balaban J connectivity index is 3.23. The van der Waals surface area contributed by atoms with Gasteiger partial charge in [0.25, 0.3) is 0 Å². The van der Waals surface area contributed by atoms with E-state index in [-0.39, 0.29) is 5.76 Å². The molecule has 0 bridgehead atoms. The minimum Gasteiger partial charge on any atom is -0.508 e. The molecule has 0 aromatic heterocycles. The van der Waals surface area contributed by atoms with Gasteiger partial charge in [-0.2, -0.15) is 0 Å². The Hall–Kier alpha value is -1.70. The van der Waals surface area contributed by atoms with Crippen molar-refractivity contribution >= 4 is 17.5 Å². The van der Waals surface area contributed by atoms with Crippen LogP contribution in [0.5, 0.6) is 0 Å². The molecule has 0 fully saturated rings. The van der Waals surface area contributed by atoms with E-state index in [9.17, 15) is 0 Å². The Morgan fingerprint density at radius 3 is 2.58 bits per heavy atom. The van der Waals surface area contributed by atoms with Gasteiger partial charge in [-0.25, -0.2) is 0 Å². The summed E-state index contributed by atoms with van der Waals surface area (Å²) in [6.45, 7) is 7.01. The number of aliphatic hydroxyl groups excluding tert-OH is 1. The average Bonchev–Trinajstić information content (AvgIpc) is 2.03. The topological polar surface area (TPSA) is 46.2 Å². The maximum Gasteiger partial charge on any atom is 0.115 e. The maximum atomic E-state index is 9.08. The molecule has 3 N–H and O–H groups in total. The number of anilines is 1. The van der Waals surface area contributed by atoms with Crippen LogP contribution in [0.3, 0.4) is 0 Å². The fraction of sp³-hybridized carbons (Fsp3) is 0. The third-order valence-corrected chi connectivity index (χ3v) is 1.55. The molecule has 1 rings (SSSR count).